The Labute approximate surface area is 85.1 Å². The highest BCUT2D eigenvalue weighted by Crippen LogP contribution is 2.03. The number of carbonyl (C=O) groups excluding carboxylic acids is 1. The molecule has 0 aliphatic rings. The lowest BCUT2D eigenvalue weighted by Crippen LogP contribution is -2.13. The van der Waals surface area contributed by atoms with E-state index in [0.29, 0.717) is 6.61 Å². The van der Waals surface area contributed by atoms with Crippen LogP contribution in [0.15, 0.2) is 24.3 Å². The number of hydrogen-bond donors (Lipinski definition) is 1. The van der Waals surface area contributed by atoms with Gasteiger partial charge in [-0.2, -0.15) is 0 Å². The van der Waals surface area contributed by atoms with E-state index in [1.807, 2.05) is 12.2 Å². The largest absolute Gasteiger partial charge is 0.462 e. The van der Waals surface area contributed by atoms with Crippen LogP contribution in [0.1, 0.15) is 27.2 Å². The second-order valence-corrected chi connectivity index (χ2v) is 3.57. The molecule has 0 heterocycles. The van der Waals surface area contributed by atoms with E-state index < -0.39 is 5.60 Å². The molecule has 0 fully saturated rings. The predicted molar refractivity (Wildman–Crippen MR) is 55.8 cm³/mol. The third-order valence-corrected chi connectivity index (χ3v) is 1.35. The summed E-state index contributed by atoms with van der Waals surface area (Å²) >= 11 is 0. The van der Waals surface area contributed by atoms with Gasteiger partial charge in [-0.15, -0.1) is 0 Å². The highest BCUT2D eigenvalue weighted by molar-refractivity contribution is 5.65. The molecule has 14 heavy (non-hydrogen) atoms. The first-order valence-corrected chi connectivity index (χ1v) is 4.60. The summed E-state index contributed by atoms with van der Waals surface area (Å²) < 4.78 is 4.69. The Balaban J connectivity index is 3.54. The summed E-state index contributed by atoms with van der Waals surface area (Å²) in [5.41, 5.74) is -0.760. The topological polar surface area (TPSA) is 46.5 Å². The van der Waals surface area contributed by atoms with E-state index in [4.69, 9.17) is 4.74 Å². The monoisotopic (exact) mass is 198 g/mol. The van der Waals surface area contributed by atoms with Crippen LogP contribution in [-0.2, 0) is 9.53 Å². The van der Waals surface area contributed by atoms with Crippen LogP contribution in [0.3, 0.4) is 0 Å². The first-order valence-electron chi connectivity index (χ1n) is 4.60. The van der Waals surface area contributed by atoms with Crippen LogP contribution in [0.5, 0.6) is 0 Å². The molecule has 0 aliphatic carbocycles. The summed E-state index contributed by atoms with van der Waals surface area (Å²) in [5.74, 6) is -0.276. The minimum absolute atomic E-state index is 0.276. The number of allylic oxidation sites excluding steroid dienone is 2. The van der Waals surface area contributed by atoms with Gasteiger partial charge in [-0.3, -0.25) is 4.79 Å². The summed E-state index contributed by atoms with van der Waals surface area (Å²) in [4.78, 5) is 10.4. The SMILES string of the molecule is CC(=O)OCC=CCC=CC(C)(C)O. The number of esters is 1. The number of aliphatic hydroxyl groups is 1. The fraction of sp³-hybridized carbons (Fsp3) is 0.545. The smallest absolute Gasteiger partial charge is 0.302 e. The Morgan fingerprint density at radius 3 is 2.50 bits per heavy atom. The van der Waals surface area contributed by atoms with E-state index in [-0.39, 0.29) is 5.97 Å². The molecule has 80 valence electrons. The maximum absolute atomic E-state index is 10.4. The van der Waals surface area contributed by atoms with Gasteiger partial charge >= 0.3 is 5.97 Å². The minimum atomic E-state index is -0.760. The van der Waals surface area contributed by atoms with Crippen molar-refractivity contribution in [3.8, 4) is 0 Å². The molecule has 0 saturated carbocycles. The Bertz CT molecular complexity index is 221. The molecule has 0 spiro atoms. The van der Waals surface area contributed by atoms with E-state index in [2.05, 4.69) is 0 Å². The number of carbonyl (C=O) groups is 1. The maximum atomic E-state index is 10.4. The first kappa shape index (κ1) is 12.9. The average molecular weight is 198 g/mol. The normalized spacial score (nSPS) is 12.6. The summed E-state index contributed by atoms with van der Waals surface area (Å²) in [6.45, 7) is 5.12. The molecule has 0 radical (unpaired) electrons. The highest BCUT2D eigenvalue weighted by atomic mass is 16.5. The van der Waals surface area contributed by atoms with Crippen molar-refractivity contribution in [3.05, 3.63) is 24.3 Å². The Morgan fingerprint density at radius 2 is 2.00 bits per heavy atom. The summed E-state index contributed by atoms with van der Waals surface area (Å²) in [6, 6.07) is 0. The van der Waals surface area contributed by atoms with Gasteiger partial charge in [-0.1, -0.05) is 24.3 Å². The van der Waals surface area contributed by atoms with Gasteiger partial charge in [0, 0.05) is 6.92 Å². The van der Waals surface area contributed by atoms with E-state index in [1.165, 1.54) is 6.92 Å². The third kappa shape index (κ3) is 10.9. The van der Waals surface area contributed by atoms with Gasteiger partial charge in [0.1, 0.15) is 6.61 Å². The molecule has 0 aliphatic heterocycles. The molecule has 1 N–H and O–H groups in total. The molecule has 0 amide bonds. The third-order valence-electron chi connectivity index (χ3n) is 1.35. The fourth-order valence-electron chi connectivity index (χ4n) is 0.765. The molecule has 0 saturated heterocycles. The Morgan fingerprint density at radius 1 is 1.36 bits per heavy atom. The van der Waals surface area contributed by atoms with Gasteiger partial charge in [0.15, 0.2) is 0 Å². The van der Waals surface area contributed by atoms with Crippen molar-refractivity contribution >= 4 is 5.97 Å². The number of ether oxygens (including phenoxy) is 1. The predicted octanol–water partition coefficient (Wildman–Crippen LogP) is 1.82. The Kier molecular flexibility index (Phi) is 5.88. The van der Waals surface area contributed by atoms with Crippen LogP contribution in [0, 0.1) is 0 Å². The van der Waals surface area contributed by atoms with E-state index in [1.54, 1.807) is 26.0 Å². The molecule has 0 aromatic carbocycles. The van der Waals surface area contributed by atoms with Gasteiger partial charge < -0.3 is 9.84 Å². The van der Waals surface area contributed by atoms with Gasteiger partial charge in [0.25, 0.3) is 0 Å². The van der Waals surface area contributed by atoms with Crippen molar-refractivity contribution in [1.82, 2.24) is 0 Å². The molecule has 0 atom stereocenters. The van der Waals surface area contributed by atoms with Gasteiger partial charge in [0.2, 0.25) is 0 Å². The zero-order chi connectivity index (χ0) is 11.0. The lowest BCUT2D eigenvalue weighted by atomic mass is 10.1. The van der Waals surface area contributed by atoms with Crippen molar-refractivity contribution in [1.29, 1.82) is 0 Å². The van der Waals surface area contributed by atoms with Gasteiger partial charge in [-0.25, -0.2) is 0 Å². The van der Waals surface area contributed by atoms with Crippen LogP contribution >= 0.6 is 0 Å². The summed E-state index contributed by atoms with van der Waals surface area (Å²) in [6.07, 6.45) is 7.97. The van der Waals surface area contributed by atoms with Crippen molar-refractivity contribution < 1.29 is 14.6 Å². The second-order valence-electron chi connectivity index (χ2n) is 3.57. The van der Waals surface area contributed by atoms with Crippen molar-refractivity contribution in [2.24, 2.45) is 0 Å². The van der Waals surface area contributed by atoms with Crippen LogP contribution in [-0.4, -0.2) is 23.3 Å². The van der Waals surface area contributed by atoms with Crippen molar-refractivity contribution in [2.45, 2.75) is 32.8 Å². The lowest BCUT2D eigenvalue weighted by molar-refractivity contribution is -0.139. The minimum Gasteiger partial charge on any atom is -0.462 e. The Hall–Kier alpha value is -1.09. The van der Waals surface area contributed by atoms with Gasteiger partial charge in [0.05, 0.1) is 5.60 Å². The van der Waals surface area contributed by atoms with Crippen LogP contribution in [0.25, 0.3) is 0 Å². The molecule has 0 aromatic rings. The summed E-state index contributed by atoms with van der Waals surface area (Å²) in [7, 11) is 0. The van der Waals surface area contributed by atoms with Gasteiger partial charge in [-0.05, 0) is 20.3 Å². The van der Waals surface area contributed by atoms with Crippen molar-refractivity contribution in [2.75, 3.05) is 6.61 Å². The van der Waals surface area contributed by atoms with Crippen LogP contribution in [0.4, 0.5) is 0 Å². The quantitative estimate of drug-likeness (QED) is 0.541. The standard InChI is InChI=1S/C11H18O3/c1-10(12)14-9-7-5-4-6-8-11(2,3)13/h5-8,13H,4,9H2,1-3H3. The fourth-order valence-corrected chi connectivity index (χ4v) is 0.765. The molecular formula is C11H18O3. The number of rotatable bonds is 5. The molecule has 3 nitrogen and oxygen atoms in total. The van der Waals surface area contributed by atoms with Crippen molar-refractivity contribution in [3.63, 3.8) is 0 Å². The molecule has 0 bridgehead atoms. The van der Waals surface area contributed by atoms with E-state index in [9.17, 15) is 9.90 Å². The lowest BCUT2D eigenvalue weighted by Gasteiger charge is -2.09. The first-order chi connectivity index (χ1) is 6.42. The zero-order valence-electron chi connectivity index (χ0n) is 8.99. The van der Waals surface area contributed by atoms with E-state index >= 15 is 0 Å². The molecular weight excluding hydrogens is 180 g/mol. The number of hydrogen-bond acceptors (Lipinski definition) is 3. The maximum Gasteiger partial charge on any atom is 0.302 e. The van der Waals surface area contributed by atoms with Crippen LogP contribution in [0.2, 0.25) is 0 Å². The highest BCUT2D eigenvalue weighted by Gasteiger charge is 2.04. The molecule has 0 aromatic heterocycles. The molecule has 3 heteroatoms. The zero-order valence-corrected chi connectivity index (χ0v) is 8.99. The molecule has 0 rings (SSSR count). The van der Waals surface area contributed by atoms with E-state index in [0.717, 1.165) is 6.42 Å². The van der Waals surface area contributed by atoms with Crippen LogP contribution < -0.4 is 0 Å². The molecule has 0 unspecified atom stereocenters. The summed E-state index contributed by atoms with van der Waals surface area (Å²) in [5, 5.41) is 9.31. The average Bonchev–Trinajstić information content (AvgIpc) is 2.00. The second kappa shape index (κ2) is 6.38.